The maximum Gasteiger partial charge on any atom is 0.319 e. The Balaban J connectivity index is 2.13. The zero-order chi connectivity index (χ0) is 22.9. The summed E-state index contributed by atoms with van der Waals surface area (Å²) in [6.07, 6.45) is 0.573. The first-order valence-electron chi connectivity index (χ1n) is 10.7. The maximum absolute atomic E-state index is 12.4. The molecule has 0 N–H and O–H groups in total. The van der Waals surface area contributed by atoms with E-state index in [0.29, 0.717) is 30.2 Å². The number of esters is 1. The second-order valence-corrected chi connectivity index (χ2v) is 8.13. The lowest BCUT2D eigenvalue weighted by atomic mass is 9.99. The molecule has 0 amide bonds. The Morgan fingerprint density at radius 1 is 1.03 bits per heavy atom. The van der Waals surface area contributed by atoms with Gasteiger partial charge in [-0.25, -0.2) is 4.98 Å². The van der Waals surface area contributed by atoms with Crippen molar-refractivity contribution in [2.75, 3.05) is 13.2 Å². The van der Waals surface area contributed by atoms with E-state index in [1.54, 1.807) is 6.92 Å². The summed E-state index contributed by atoms with van der Waals surface area (Å²) >= 11 is 1.28. The highest BCUT2D eigenvalue weighted by atomic mass is 32.2. The zero-order valence-electron chi connectivity index (χ0n) is 18.5. The van der Waals surface area contributed by atoms with Gasteiger partial charge in [0.05, 0.1) is 24.5 Å². The summed E-state index contributed by atoms with van der Waals surface area (Å²) in [4.78, 5) is 17.2. The van der Waals surface area contributed by atoms with Gasteiger partial charge in [0.15, 0.2) is 0 Å². The number of pyridine rings is 1. The summed E-state index contributed by atoms with van der Waals surface area (Å²) < 4.78 is 10.8. The van der Waals surface area contributed by atoms with Crippen molar-refractivity contribution < 1.29 is 14.3 Å². The Morgan fingerprint density at radius 3 is 2.34 bits per heavy atom. The predicted molar refractivity (Wildman–Crippen MR) is 128 cm³/mol. The summed E-state index contributed by atoms with van der Waals surface area (Å²) in [5.41, 5.74) is 3.80. The number of hydrogen-bond acceptors (Lipinski definition) is 6. The fraction of sp³-hybridized carbons (Fsp3) is 0.269. The SMILES string of the molecule is CCOC(=O)C(CC)Sc1nc(-c2ccc(OCC)cc2)cc(-c2ccccc2)c1C#N. The van der Waals surface area contributed by atoms with E-state index >= 15 is 0 Å². The molecule has 32 heavy (non-hydrogen) atoms. The molecule has 3 aromatic rings. The Bertz CT molecular complexity index is 1090. The molecule has 1 atom stereocenters. The number of aromatic nitrogens is 1. The summed E-state index contributed by atoms with van der Waals surface area (Å²) in [5.74, 6) is 0.495. The fourth-order valence-electron chi connectivity index (χ4n) is 3.26. The van der Waals surface area contributed by atoms with Gasteiger partial charge in [-0.15, -0.1) is 0 Å². The van der Waals surface area contributed by atoms with E-state index in [1.807, 2.05) is 74.5 Å². The van der Waals surface area contributed by atoms with Crippen molar-refractivity contribution in [3.05, 3.63) is 66.2 Å². The van der Waals surface area contributed by atoms with Crippen LogP contribution in [-0.4, -0.2) is 29.4 Å². The lowest BCUT2D eigenvalue weighted by Crippen LogP contribution is -2.19. The van der Waals surface area contributed by atoms with Crippen LogP contribution in [0.3, 0.4) is 0 Å². The highest BCUT2D eigenvalue weighted by Gasteiger charge is 2.24. The molecule has 1 unspecified atom stereocenters. The number of rotatable bonds is 9. The number of ether oxygens (including phenoxy) is 2. The molecule has 0 fully saturated rings. The van der Waals surface area contributed by atoms with Gasteiger partial charge in [0.2, 0.25) is 0 Å². The minimum Gasteiger partial charge on any atom is -0.494 e. The summed E-state index contributed by atoms with van der Waals surface area (Å²) in [6, 6.07) is 21.7. The Kier molecular flexibility index (Phi) is 8.29. The van der Waals surface area contributed by atoms with E-state index in [2.05, 4.69) is 6.07 Å². The zero-order valence-corrected chi connectivity index (χ0v) is 19.3. The second kappa shape index (κ2) is 11.4. The molecule has 0 radical (unpaired) electrons. The second-order valence-electron chi connectivity index (χ2n) is 6.94. The van der Waals surface area contributed by atoms with Gasteiger partial charge >= 0.3 is 5.97 Å². The van der Waals surface area contributed by atoms with Crippen LogP contribution in [-0.2, 0) is 9.53 Å². The number of thioether (sulfide) groups is 1. The van der Waals surface area contributed by atoms with E-state index in [1.165, 1.54) is 11.8 Å². The molecule has 0 bridgehead atoms. The fourth-order valence-corrected chi connectivity index (χ4v) is 4.29. The van der Waals surface area contributed by atoms with Crippen LogP contribution in [0.2, 0.25) is 0 Å². The first-order chi connectivity index (χ1) is 15.6. The van der Waals surface area contributed by atoms with Crippen LogP contribution >= 0.6 is 11.8 Å². The molecular weight excluding hydrogens is 420 g/mol. The van der Waals surface area contributed by atoms with Crippen molar-refractivity contribution in [3.63, 3.8) is 0 Å². The van der Waals surface area contributed by atoms with Gasteiger partial charge in [-0.1, -0.05) is 49.0 Å². The van der Waals surface area contributed by atoms with Gasteiger partial charge in [-0.2, -0.15) is 5.26 Å². The highest BCUT2D eigenvalue weighted by Crippen LogP contribution is 2.36. The number of nitrogens with zero attached hydrogens (tertiary/aromatic N) is 2. The topological polar surface area (TPSA) is 72.2 Å². The lowest BCUT2D eigenvalue weighted by molar-refractivity contribution is -0.142. The smallest absolute Gasteiger partial charge is 0.319 e. The molecular formula is C26H26N2O3S. The van der Waals surface area contributed by atoms with Crippen LogP contribution in [0.4, 0.5) is 0 Å². The van der Waals surface area contributed by atoms with Crippen molar-refractivity contribution in [3.8, 4) is 34.2 Å². The van der Waals surface area contributed by atoms with Crippen LogP contribution in [0.5, 0.6) is 5.75 Å². The van der Waals surface area contributed by atoms with Gasteiger partial charge in [-0.3, -0.25) is 4.79 Å². The van der Waals surface area contributed by atoms with Gasteiger partial charge in [0.1, 0.15) is 22.1 Å². The molecule has 1 aromatic heterocycles. The van der Waals surface area contributed by atoms with Crippen molar-refractivity contribution in [2.45, 2.75) is 37.5 Å². The quantitative estimate of drug-likeness (QED) is 0.291. The molecule has 0 aliphatic heterocycles. The standard InChI is InChI=1S/C26H26N2O3S/c1-4-24(26(29)31-6-3)32-25-22(17-27)21(18-10-8-7-9-11-18)16-23(28-25)19-12-14-20(15-13-19)30-5-2/h7-16,24H,4-6H2,1-3H3. The third-order valence-electron chi connectivity index (χ3n) is 4.82. The van der Waals surface area contributed by atoms with Crippen molar-refractivity contribution in [1.82, 2.24) is 4.98 Å². The van der Waals surface area contributed by atoms with Crippen LogP contribution in [0.15, 0.2) is 65.7 Å². The molecule has 0 aliphatic carbocycles. The first-order valence-corrected chi connectivity index (χ1v) is 11.6. The molecule has 0 saturated carbocycles. The van der Waals surface area contributed by atoms with Crippen molar-refractivity contribution in [2.24, 2.45) is 0 Å². The van der Waals surface area contributed by atoms with Crippen LogP contribution < -0.4 is 4.74 Å². The molecule has 5 nitrogen and oxygen atoms in total. The Hall–Kier alpha value is -3.30. The number of hydrogen-bond donors (Lipinski definition) is 0. The number of nitriles is 1. The maximum atomic E-state index is 12.4. The summed E-state index contributed by atoms with van der Waals surface area (Å²) in [6.45, 7) is 6.57. The van der Waals surface area contributed by atoms with Crippen molar-refractivity contribution in [1.29, 1.82) is 5.26 Å². The molecule has 0 saturated heterocycles. The van der Waals surface area contributed by atoms with E-state index in [4.69, 9.17) is 14.5 Å². The molecule has 0 aliphatic rings. The van der Waals surface area contributed by atoms with Crippen molar-refractivity contribution >= 4 is 17.7 Å². The Labute approximate surface area is 193 Å². The molecule has 6 heteroatoms. The number of benzene rings is 2. The van der Waals surface area contributed by atoms with Crippen LogP contribution in [0.25, 0.3) is 22.4 Å². The first kappa shape index (κ1) is 23.4. The predicted octanol–water partition coefficient (Wildman–Crippen LogP) is 6.12. The van der Waals surface area contributed by atoms with Crippen LogP contribution in [0.1, 0.15) is 32.8 Å². The van der Waals surface area contributed by atoms with Crippen LogP contribution in [0, 0.1) is 11.3 Å². The summed E-state index contributed by atoms with van der Waals surface area (Å²) in [7, 11) is 0. The average Bonchev–Trinajstić information content (AvgIpc) is 2.83. The molecule has 1 heterocycles. The monoisotopic (exact) mass is 446 g/mol. The van der Waals surface area contributed by atoms with E-state index in [-0.39, 0.29) is 5.97 Å². The van der Waals surface area contributed by atoms with Gasteiger partial charge in [-0.05, 0) is 56.2 Å². The Morgan fingerprint density at radius 2 is 1.75 bits per heavy atom. The van der Waals surface area contributed by atoms with E-state index < -0.39 is 5.25 Å². The molecule has 0 spiro atoms. The summed E-state index contributed by atoms with van der Waals surface area (Å²) in [5, 5.41) is 10.1. The minimum absolute atomic E-state index is 0.293. The third-order valence-corrected chi connectivity index (χ3v) is 6.15. The van der Waals surface area contributed by atoms with Gasteiger partial charge in [0.25, 0.3) is 0 Å². The van der Waals surface area contributed by atoms with E-state index in [9.17, 15) is 10.1 Å². The largest absolute Gasteiger partial charge is 0.494 e. The average molecular weight is 447 g/mol. The van der Waals surface area contributed by atoms with Gasteiger partial charge in [0, 0.05) is 11.1 Å². The number of carbonyl (C=O) groups is 1. The normalized spacial score (nSPS) is 11.4. The molecule has 164 valence electrons. The lowest BCUT2D eigenvalue weighted by Gasteiger charge is -2.16. The third kappa shape index (κ3) is 5.49. The highest BCUT2D eigenvalue weighted by molar-refractivity contribution is 8.00. The number of carbonyl (C=O) groups excluding carboxylic acids is 1. The minimum atomic E-state index is -0.436. The molecule has 2 aromatic carbocycles. The molecule has 3 rings (SSSR count). The van der Waals surface area contributed by atoms with Gasteiger partial charge < -0.3 is 9.47 Å². The van der Waals surface area contributed by atoms with E-state index in [0.717, 1.165) is 28.1 Å².